The van der Waals surface area contributed by atoms with E-state index in [0.717, 1.165) is 0 Å². The van der Waals surface area contributed by atoms with Crippen molar-refractivity contribution in [3.05, 3.63) is 0 Å². The molecule has 0 fully saturated rings. The maximum absolute atomic E-state index is 10.6. The number of hydrazone groups is 1. The molecule has 0 aliphatic carbocycles. The van der Waals surface area contributed by atoms with Crippen LogP contribution in [0.15, 0.2) is 5.10 Å². The third kappa shape index (κ3) is 5.21. The molecule has 1 amide bonds. The smallest absolute Gasteiger partial charge is 0.427 e. The van der Waals surface area contributed by atoms with Crippen molar-refractivity contribution < 1.29 is 9.53 Å². The fourth-order valence-corrected chi connectivity index (χ4v) is 0.444. The van der Waals surface area contributed by atoms with E-state index in [2.05, 4.69) is 15.3 Å². The van der Waals surface area contributed by atoms with Crippen LogP contribution in [-0.2, 0) is 4.74 Å². The second kappa shape index (κ2) is 6.08. The molecule has 0 heterocycles. The van der Waals surface area contributed by atoms with Crippen LogP contribution in [0.5, 0.6) is 0 Å². The van der Waals surface area contributed by atoms with Gasteiger partial charge >= 0.3 is 6.09 Å². The molecule has 70 valence electrons. The van der Waals surface area contributed by atoms with Crippen molar-refractivity contribution >= 4 is 35.0 Å². The molecular formula is C6H10Cl2N2O2. The number of ether oxygens (including phenoxy) is 1. The Kier molecular flexibility index (Phi) is 5.84. The predicted octanol–water partition coefficient (Wildman–Crippen LogP) is 1.91. The molecule has 0 aromatic heterocycles. The zero-order chi connectivity index (χ0) is 9.56. The molecule has 0 rings (SSSR count). The van der Waals surface area contributed by atoms with E-state index in [9.17, 15) is 4.79 Å². The number of carbonyl (C=O) groups is 1. The normalized spacial score (nSPS) is 11.6. The number of nitrogens with one attached hydrogen (secondary N) is 1. The minimum Gasteiger partial charge on any atom is -0.449 e. The van der Waals surface area contributed by atoms with Crippen LogP contribution in [-0.4, -0.2) is 23.2 Å². The van der Waals surface area contributed by atoms with E-state index < -0.39 is 10.9 Å². The highest BCUT2D eigenvalue weighted by molar-refractivity contribution is 6.54. The molecule has 4 nitrogen and oxygen atoms in total. The molecular weight excluding hydrogens is 203 g/mol. The molecule has 0 bridgehead atoms. The second-order valence-electron chi connectivity index (χ2n) is 1.89. The fourth-order valence-electron chi connectivity index (χ4n) is 0.346. The summed E-state index contributed by atoms with van der Waals surface area (Å²) in [5, 5.41) is 3.57. The number of rotatable bonds is 3. The predicted molar refractivity (Wildman–Crippen MR) is 48.8 cm³/mol. The molecule has 6 heteroatoms. The summed E-state index contributed by atoms with van der Waals surface area (Å²) in [4.78, 5) is 9.93. The third-order valence-corrected chi connectivity index (χ3v) is 1.55. The van der Waals surface area contributed by atoms with Gasteiger partial charge in [0, 0.05) is 0 Å². The second-order valence-corrected chi connectivity index (χ2v) is 2.98. The minimum absolute atomic E-state index is 0.297. The van der Waals surface area contributed by atoms with Gasteiger partial charge in [0.1, 0.15) is 4.84 Å². The molecule has 0 radical (unpaired) electrons. The Hall–Kier alpha value is -0.480. The van der Waals surface area contributed by atoms with E-state index in [1.807, 2.05) is 0 Å². The van der Waals surface area contributed by atoms with Crippen LogP contribution in [0.3, 0.4) is 0 Å². The lowest BCUT2D eigenvalue weighted by molar-refractivity contribution is 0.152. The highest BCUT2D eigenvalue weighted by Crippen LogP contribution is 2.02. The van der Waals surface area contributed by atoms with Crippen LogP contribution < -0.4 is 5.43 Å². The Morgan fingerprint density at radius 1 is 1.67 bits per heavy atom. The van der Waals surface area contributed by atoms with Gasteiger partial charge in [-0.25, -0.2) is 10.2 Å². The zero-order valence-electron chi connectivity index (χ0n) is 6.80. The number of amides is 1. The molecule has 0 saturated heterocycles. The average Bonchev–Trinajstić information content (AvgIpc) is 2.00. The van der Waals surface area contributed by atoms with Crippen LogP contribution in [0, 0.1) is 0 Å². The first kappa shape index (κ1) is 11.5. The number of nitrogens with zero attached hydrogens (tertiary/aromatic N) is 1. The molecule has 0 aliphatic rings. The highest BCUT2D eigenvalue weighted by Gasteiger charge is 2.03. The van der Waals surface area contributed by atoms with Crippen LogP contribution in [0.25, 0.3) is 0 Å². The topological polar surface area (TPSA) is 50.7 Å². The summed E-state index contributed by atoms with van der Waals surface area (Å²) in [6.07, 6.45) is -0.620. The van der Waals surface area contributed by atoms with Crippen molar-refractivity contribution in [3.63, 3.8) is 0 Å². The van der Waals surface area contributed by atoms with E-state index >= 15 is 0 Å². The Labute approximate surface area is 80.9 Å². The molecule has 0 spiro atoms. The van der Waals surface area contributed by atoms with Gasteiger partial charge in [-0.2, -0.15) is 5.10 Å². The fraction of sp³-hybridized carbons (Fsp3) is 0.667. The summed E-state index contributed by atoms with van der Waals surface area (Å²) >= 11 is 10.9. The van der Waals surface area contributed by atoms with Crippen LogP contribution in [0.1, 0.15) is 13.8 Å². The largest absolute Gasteiger partial charge is 0.449 e. The first-order valence-electron chi connectivity index (χ1n) is 3.33. The molecule has 0 aromatic rings. The van der Waals surface area contributed by atoms with Crippen LogP contribution in [0.2, 0.25) is 0 Å². The first-order valence-corrected chi connectivity index (χ1v) is 4.20. The quantitative estimate of drug-likeness (QED) is 0.442. The maximum Gasteiger partial charge on any atom is 0.427 e. The number of halogens is 2. The number of carbonyl (C=O) groups excluding carboxylic acids is 1. The van der Waals surface area contributed by atoms with Crippen molar-refractivity contribution in [1.82, 2.24) is 5.43 Å². The minimum atomic E-state index is -0.716. The molecule has 0 aliphatic heterocycles. The van der Waals surface area contributed by atoms with E-state index in [0.29, 0.717) is 12.3 Å². The molecule has 0 unspecified atom stereocenters. The van der Waals surface area contributed by atoms with Crippen molar-refractivity contribution in [2.75, 3.05) is 6.61 Å². The van der Waals surface area contributed by atoms with Gasteiger partial charge in [0.15, 0.2) is 0 Å². The molecule has 0 saturated carbocycles. The van der Waals surface area contributed by atoms with Gasteiger partial charge in [0.2, 0.25) is 0 Å². The summed E-state index contributed by atoms with van der Waals surface area (Å²) in [6.45, 7) is 3.59. The third-order valence-electron chi connectivity index (χ3n) is 0.915. The number of hydrogen-bond acceptors (Lipinski definition) is 3. The van der Waals surface area contributed by atoms with Crippen molar-refractivity contribution in [2.24, 2.45) is 5.10 Å². The van der Waals surface area contributed by atoms with Gasteiger partial charge < -0.3 is 4.74 Å². The van der Waals surface area contributed by atoms with Gasteiger partial charge in [0.05, 0.1) is 12.3 Å². The Bertz CT molecular complexity index is 182. The van der Waals surface area contributed by atoms with E-state index in [4.69, 9.17) is 23.2 Å². The average molecular weight is 213 g/mol. The summed E-state index contributed by atoms with van der Waals surface area (Å²) in [5.41, 5.74) is 2.53. The maximum atomic E-state index is 10.6. The lowest BCUT2D eigenvalue weighted by Crippen LogP contribution is -2.21. The van der Waals surface area contributed by atoms with Gasteiger partial charge in [-0.1, -0.05) is 23.2 Å². The lowest BCUT2D eigenvalue weighted by atomic mass is 10.5. The van der Waals surface area contributed by atoms with Gasteiger partial charge in [-0.05, 0) is 13.8 Å². The van der Waals surface area contributed by atoms with Crippen LogP contribution in [0.4, 0.5) is 4.79 Å². The SMILES string of the molecule is CCOC(=O)N/N=C(/C)C(Cl)Cl. The van der Waals surface area contributed by atoms with E-state index in [-0.39, 0.29) is 0 Å². The summed E-state index contributed by atoms with van der Waals surface area (Å²) in [7, 11) is 0. The number of hydrogen-bond donors (Lipinski definition) is 1. The van der Waals surface area contributed by atoms with Crippen molar-refractivity contribution in [1.29, 1.82) is 0 Å². The lowest BCUT2D eigenvalue weighted by Gasteiger charge is -2.01. The van der Waals surface area contributed by atoms with Gasteiger partial charge in [0.25, 0.3) is 0 Å². The molecule has 0 aromatic carbocycles. The highest BCUT2D eigenvalue weighted by atomic mass is 35.5. The molecule has 1 N–H and O–H groups in total. The summed E-state index contributed by atoms with van der Waals surface area (Å²) in [5.74, 6) is 0. The monoisotopic (exact) mass is 212 g/mol. The number of alkyl halides is 2. The Morgan fingerprint density at radius 3 is 2.67 bits per heavy atom. The Morgan fingerprint density at radius 2 is 2.25 bits per heavy atom. The van der Waals surface area contributed by atoms with E-state index in [1.54, 1.807) is 13.8 Å². The van der Waals surface area contributed by atoms with Gasteiger partial charge in [-0.3, -0.25) is 0 Å². The van der Waals surface area contributed by atoms with Crippen molar-refractivity contribution in [3.8, 4) is 0 Å². The zero-order valence-corrected chi connectivity index (χ0v) is 8.32. The molecule has 12 heavy (non-hydrogen) atoms. The first-order chi connectivity index (χ1) is 5.57. The summed E-state index contributed by atoms with van der Waals surface area (Å²) in [6, 6.07) is 0. The van der Waals surface area contributed by atoms with Crippen LogP contribution >= 0.6 is 23.2 Å². The van der Waals surface area contributed by atoms with Crippen molar-refractivity contribution in [2.45, 2.75) is 18.7 Å². The van der Waals surface area contributed by atoms with Gasteiger partial charge in [-0.15, -0.1) is 0 Å². The van der Waals surface area contributed by atoms with E-state index in [1.165, 1.54) is 0 Å². The Balaban J connectivity index is 3.79. The standard InChI is InChI=1S/C6H10Cl2N2O2/c1-3-12-6(11)10-9-4(2)5(7)8/h5H,3H2,1-2H3,(H,10,11)/b9-4-. The molecule has 0 atom stereocenters. The summed E-state index contributed by atoms with van der Waals surface area (Å²) < 4.78 is 4.53.